The smallest absolute Gasteiger partial charge is 0.282 e. The van der Waals surface area contributed by atoms with Crippen LogP contribution in [0.25, 0.3) is 0 Å². The van der Waals surface area contributed by atoms with Gasteiger partial charge in [0, 0.05) is 5.75 Å². The highest BCUT2D eigenvalue weighted by atomic mass is 35.5. The zero-order valence-corrected chi connectivity index (χ0v) is 7.10. The molecule has 0 aromatic heterocycles. The Morgan fingerprint density at radius 3 is 3.18 bits per heavy atom. The highest BCUT2D eigenvalue weighted by Gasteiger charge is 2.22. The Kier molecular flexibility index (Phi) is 3.02. The number of hydrogen-bond donors (Lipinski definition) is 0. The van der Waals surface area contributed by atoms with Crippen LogP contribution in [0.4, 0.5) is 0 Å². The summed E-state index contributed by atoms with van der Waals surface area (Å²) in [5.74, 6) is 1.07. The number of hydrogen-bond acceptors (Lipinski definition) is 4. The lowest BCUT2D eigenvalue weighted by Gasteiger charge is -2.01. The maximum atomic E-state index is 9.95. The van der Waals surface area contributed by atoms with Gasteiger partial charge in [0.1, 0.15) is 6.10 Å². The van der Waals surface area contributed by atoms with E-state index in [1.165, 1.54) is 11.8 Å². The van der Waals surface area contributed by atoms with E-state index in [0.717, 1.165) is 6.20 Å². The fraction of sp³-hybridized carbons (Fsp3) is 0.600. The molecule has 1 aliphatic heterocycles. The van der Waals surface area contributed by atoms with Crippen molar-refractivity contribution in [2.24, 2.45) is 0 Å². The third-order valence-electron chi connectivity index (χ3n) is 1.08. The van der Waals surface area contributed by atoms with Crippen LogP contribution in [-0.2, 0) is 4.74 Å². The lowest BCUT2D eigenvalue weighted by molar-refractivity contribution is -0.404. The Morgan fingerprint density at radius 1 is 2.00 bits per heavy atom. The van der Waals surface area contributed by atoms with Crippen molar-refractivity contribution in [3.05, 3.63) is 21.4 Å². The van der Waals surface area contributed by atoms with Crippen molar-refractivity contribution in [2.75, 3.05) is 11.6 Å². The molecule has 1 unspecified atom stereocenters. The average molecular weight is 196 g/mol. The minimum absolute atomic E-state index is 0.0760. The number of rotatable bonds is 2. The number of thioether (sulfide) groups is 1. The Hall–Kier alpha value is -0.420. The predicted octanol–water partition coefficient (Wildman–Crippen LogP) is 1.43. The van der Waals surface area contributed by atoms with E-state index in [1.807, 2.05) is 0 Å². The quantitative estimate of drug-likeness (QED) is 0.380. The normalized spacial score (nSPS) is 27.0. The van der Waals surface area contributed by atoms with E-state index in [0.29, 0.717) is 16.7 Å². The van der Waals surface area contributed by atoms with Crippen LogP contribution >= 0.6 is 23.4 Å². The van der Waals surface area contributed by atoms with Gasteiger partial charge in [-0.15, -0.1) is 11.6 Å². The molecule has 0 saturated carbocycles. The van der Waals surface area contributed by atoms with Crippen LogP contribution in [0.2, 0.25) is 0 Å². The zero-order chi connectivity index (χ0) is 8.27. The number of halogens is 1. The van der Waals surface area contributed by atoms with Crippen molar-refractivity contribution in [1.29, 1.82) is 0 Å². The molecule has 1 heterocycles. The fourth-order valence-electron chi connectivity index (χ4n) is 0.637. The summed E-state index contributed by atoms with van der Waals surface area (Å²) in [5.41, 5.74) is 0. The number of nitrogens with zero attached hydrogens (tertiary/aromatic N) is 1. The van der Waals surface area contributed by atoms with Crippen molar-refractivity contribution >= 4 is 23.4 Å². The van der Waals surface area contributed by atoms with Crippen LogP contribution < -0.4 is 0 Å². The highest BCUT2D eigenvalue weighted by Crippen LogP contribution is 2.28. The maximum absolute atomic E-state index is 9.95. The maximum Gasteiger partial charge on any atom is 0.282 e. The second kappa shape index (κ2) is 3.82. The van der Waals surface area contributed by atoms with Gasteiger partial charge in [0.05, 0.1) is 10.8 Å². The van der Waals surface area contributed by atoms with E-state index < -0.39 is 4.92 Å². The first-order chi connectivity index (χ1) is 5.22. The van der Waals surface area contributed by atoms with Crippen molar-refractivity contribution in [1.82, 2.24) is 0 Å². The SMILES string of the molecule is O=[N+]([O-])/C=C1/OC(CCl)CS1. The Bertz CT molecular complexity index is 196. The first kappa shape index (κ1) is 8.67. The molecule has 0 spiro atoms. The summed E-state index contributed by atoms with van der Waals surface area (Å²) >= 11 is 6.79. The van der Waals surface area contributed by atoms with E-state index in [9.17, 15) is 10.1 Å². The average Bonchev–Trinajstić information content (AvgIpc) is 2.34. The van der Waals surface area contributed by atoms with Gasteiger partial charge < -0.3 is 4.74 Å². The van der Waals surface area contributed by atoms with Gasteiger partial charge in [-0.05, 0) is 0 Å². The second-order valence-electron chi connectivity index (χ2n) is 1.94. The molecule has 0 aromatic carbocycles. The topological polar surface area (TPSA) is 52.4 Å². The summed E-state index contributed by atoms with van der Waals surface area (Å²) in [4.78, 5) is 9.42. The Balaban J connectivity index is 2.47. The van der Waals surface area contributed by atoms with Gasteiger partial charge in [-0.25, -0.2) is 0 Å². The summed E-state index contributed by atoms with van der Waals surface area (Å²) < 4.78 is 5.07. The minimum Gasteiger partial charge on any atom is -0.477 e. The first-order valence-electron chi connectivity index (χ1n) is 2.93. The molecule has 0 N–H and O–H groups in total. The highest BCUT2D eigenvalue weighted by molar-refractivity contribution is 8.03. The molecule has 0 bridgehead atoms. The number of ether oxygens (including phenoxy) is 1. The van der Waals surface area contributed by atoms with Gasteiger partial charge >= 0.3 is 0 Å². The van der Waals surface area contributed by atoms with Gasteiger partial charge in [-0.1, -0.05) is 11.8 Å². The molecular formula is C5H6ClNO3S. The summed E-state index contributed by atoms with van der Waals surface area (Å²) in [6.45, 7) is 0. The first-order valence-corrected chi connectivity index (χ1v) is 4.45. The van der Waals surface area contributed by atoms with Crippen molar-refractivity contribution in [3.8, 4) is 0 Å². The van der Waals surface area contributed by atoms with Crippen LogP contribution in [-0.4, -0.2) is 22.7 Å². The molecule has 0 aliphatic carbocycles. The molecule has 1 fully saturated rings. The third kappa shape index (κ3) is 2.59. The zero-order valence-electron chi connectivity index (χ0n) is 5.53. The molecule has 1 aliphatic rings. The Labute approximate surface area is 72.7 Å². The lowest BCUT2D eigenvalue weighted by atomic mass is 10.5. The van der Waals surface area contributed by atoms with Crippen molar-refractivity contribution in [3.63, 3.8) is 0 Å². The van der Waals surface area contributed by atoms with Gasteiger partial charge in [-0.2, -0.15) is 0 Å². The molecule has 1 atom stereocenters. The third-order valence-corrected chi connectivity index (χ3v) is 2.45. The Morgan fingerprint density at radius 2 is 2.73 bits per heavy atom. The van der Waals surface area contributed by atoms with Gasteiger partial charge in [0.2, 0.25) is 5.09 Å². The summed E-state index contributed by atoms with van der Waals surface area (Å²) in [6, 6.07) is 0. The number of alkyl halides is 1. The van der Waals surface area contributed by atoms with E-state index in [4.69, 9.17) is 16.3 Å². The second-order valence-corrected chi connectivity index (χ2v) is 3.27. The molecule has 0 radical (unpaired) electrons. The van der Waals surface area contributed by atoms with E-state index in [2.05, 4.69) is 0 Å². The molecule has 1 rings (SSSR count). The summed E-state index contributed by atoms with van der Waals surface area (Å²) in [7, 11) is 0. The molecule has 0 aromatic rings. The largest absolute Gasteiger partial charge is 0.477 e. The van der Waals surface area contributed by atoms with E-state index in [-0.39, 0.29) is 6.10 Å². The van der Waals surface area contributed by atoms with Crippen LogP contribution in [0, 0.1) is 10.1 Å². The minimum atomic E-state index is -0.529. The van der Waals surface area contributed by atoms with Gasteiger partial charge in [0.25, 0.3) is 6.20 Å². The molecule has 6 heteroatoms. The van der Waals surface area contributed by atoms with Crippen LogP contribution in [0.3, 0.4) is 0 Å². The predicted molar refractivity (Wildman–Crippen MR) is 43.1 cm³/mol. The van der Waals surface area contributed by atoms with E-state index in [1.54, 1.807) is 0 Å². The van der Waals surface area contributed by atoms with Crippen LogP contribution in [0.1, 0.15) is 0 Å². The van der Waals surface area contributed by atoms with Gasteiger partial charge in [0.15, 0.2) is 0 Å². The summed E-state index contributed by atoms with van der Waals surface area (Å²) in [5, 5.41) is 10.3. The molecule has 0 amide bonds. The summed E-state index contributed by atoms with van der Waals surface area (Å²) in [6.07, 6.45) is 0.782. The van der Waals surface area contributed by atoms with Crippen LogP contribution in [0.5, 0.6) is 0 Å². The van der Waals surface area contributed by atoms with E-state index >= 15 is 0 Å². The molecule has 11 heavy (non-hydrogen) atoms. The van der Waals surface area contributed by atoms with Crippen molar-refractivity contribution in [2.45, 2.75) is 6.10 Å². The van der Waals surface area contributed by atoms with Crippen molar-refractivity contribution < 1.29 is 9.66 Å². The fourth-order valence-corrected chi connectivity index (χ4v) is 1.84. The standard InChI is InChI=1S/C5H6ClNO3S/c6-1-4-3-11-5(10-4)2-7(8)9/h2,4H,1,3H2/b5-2-. The number of nitro groups is 1. The lowest BCUT2D eigenvalue weighted by Crippen LogP contribution is -2.09. The van der Waals surface area contributed by atoms with Crippen LogP contribution in [0.15, 0.2) is 11.3 Å². The molecule has 62 valence electrons. The monoisotopic (exact) mass is 195 g/mol. The van der Waals surface area contributed by atoms with Gasteiger partial charge in [-0.3, -0.25) is 10.1 Å². The molecular weight excluding hydrogens is 190 g/mol. The molecule has 1 saturated heterocycles. The molecule has 4 nitrogen and oxygen atoms in total.